The van der Waals surface area contributed by atoms with E-state index in [0.29, 0.717) is 6.42 Å². The summed E-state index contributed by atoms with van der Waals surface area (Å²) in [5.41, 5.74) is 0. The molecule has 0 aliphatic heterocycles. The van der Waals surface area contributed by atoms with Crippen molar-refractivity contribution in [3.8, 4) is 0 Å². The van der Waals surface area contributed by atoms with Gasteiger partial charge < -0.3 is 15.5 Å². The van der Waals surface area contributed by atoms with E-state index in [1.807, 2.05) is 6.08 Å². The fourth-order valence-corrected chi connectivity index (χ4v) is 8.19. The molecule has 0 bridgehead atoms. The largest absolute Gasteiger partial charge is 0.394 e. The van der Waals surface area contributed by atoms with Crippen LogP contribution in [-0.2, 0) is 4.79 Å². The van der Waals surface area contributed by atoms with Gasteiger partial charge in [0.15, 0.2) is 0 Å². The zero-order valence-electron chi connectivity index (χ0n) is 44.1. The number of rotatable bonds is 51. The molecule has 4 nitrogen and oxygen atoms in total. The summed E-state index contributed by atoms with van der Waals surface area (Å²) in [4.78, 5) is 12.4. The molecule has 0 radical (unpaired) electrons. The highest BCUT2D eigenvalue weighted by Crippen LogP contribution is 2.16. The lowest BCUT2D eigenvalue weighted by Gasteiger charge is -2.19. The van der Waals surface area contributed by atoms with Crippen LogP contribution in [0.15, 0.2) is 109 Å². The lowest BCUT2D eigenvalue weighted by molar-refractivity contribution is -0.122. The molecule has 0 aliphatic carbocycles. The Morgan fingerprint density at radius 1 is 0.373 bits per heavy atom. The van der Waals surface area contributed by atoms with E-state index >= 15 is 0 Å². The summed E-state index contributed by atoms with van der Waals surface area (Å²) < 4.78 is 0. The highest BCUT2D eigenvalue weighted by atomic mass is 16.3. The number of hydrogen-bond acceptors (Lipinski definition) is 3. The number of aliphatic hydroxyl groups is 2. The summed E-state index contributed by atoms with van der Waals surface area (Å²) in [7, 11) is 0. The van der Waals surface area contributed by atoms with Crippen LogP contribution in [0.4, 0.5) is 0 Å². The molecule has 0 aromatic carbocycles. The Bertz CT molecular complexity index is 1280. The third kappa shape index (κ3) is 53.9. The van der Waals surface area contributed by atoms with Gasteiger partial charge in [-0.25, -0.2) is 0 Å². The molecule has 0 rings (SSSR count). The van der Waals surface area contributed by atoms with Crippen molar-refractivity contribution in [1.29, 1.82) is 0 Å². The maximum absolute atomic E-state index is 12.4. The molecule has 1 amide bonds. The molecule has 0 saturated heterocycles. The number of carbonyl (C=O) groups is 1. The van der Waals surface area contributed by atoms with Crippen molar-refractivity contribution in [1.82, 2.24) is 5.32 Å². The Hall–Kier alpha value is -2.95. The lowest BCUT2D eigenvalue weighted by Crippen LogP contribution is -2.45. The first-order chi connectivity index (χ1) is 33.2. The Balaban J connectivity index is 3.63. The standard InChI is InChI=1S/C63H109NO3/c1-3-5-7-9-11-13-15-17-19-21-23-25-27-28-29-30-31-32-33-34-35-37-38-40-42-44-46-48-50-52-54-56-58-62(66)61(60-65)64-63(67)59-57-55-53-51-49-47-45-43-41-39-36-26-24-22-20-18-16-14-12-10-8-6-4-2/h6,8,12,14,18,20,24,26,39,41,45,47-48,50-51,53,56,58,61-62,65-66H,3-5,7,9-11,13,15-17,19,21-23,25,27-38,40,42-44,46,49,52,54-55,57,59-60H2,1-2H3,(H,64,67)/b8-6-,14-12-,20-18-,26-24-,41-39-,47-45-,50-48+,53-51-,58-56+. The van der Waals surface area contributed by atoms with E-state index in [1.54, 1.807) is 6.08 Å². The van der Waals surface area contributed by atoms with Crippen molar-refractivity contribution in [2.75, 3.05) is 6.61 Å². The number of hydrogen-bond donors (Lipinski definition) is 3. The number of aliphatic hydroxyl groups excluding tert-OH is 2. The molecule has 0 heterocycles. The first-order valence-corrected chi connectivity index (χ1v) is 28.6. The van der Waals surface area contributed by atoms with Gasteiger partial charge in [0, 0.05) is 6.42 Å². The third-order valence-corrected chi connectivity index (χ3v) is 12.5. The van der Waals surface area contributed by atoms with Gasteiger partial charge in [-0.2, -0.15) is 0 Å². The van der Waals surface area contributed by atoms with Crippen LogP contribution in [-0.4, -0.2) is 34.9 Å². The van der Waals surface area contributed by atoms with Crippen LogP contribution in [0, 0.1) is 0 Å². The van der Waals surface area contributed by atoms with Gasteiger partial charge in [0.05, 0.1) is 18.8 Å². The van der Waals surface area contributed by atoms with Gasteiger partial charge in [-0.05, 0) is 83.5 Å². The van der Waals surface area contributed by atoms with Crippen molar-refractivity contribution in [3.63, 3.8) is 0 Å². The number of carbonyl (C=O) groups excluding carboxylic acids is 1. The minimum absolute atomic E-state index is 0.133. The molecular weight excluding hydrogens is 819 g/mol. The quantitative estimate of drug-likeness (QED) is 0.0420. The van der Waals surface area contributed by atoms with Gasteiger partial charge >= 0.3 is 0 Å². The van der Waals surface area contributed by atoms with Crippen LogP contribution >= 0.6 is 0 Å². The monoisotopic (exact) mass is 928 g/mol. The Labute approximate surface area is 416 Å². The van der Waals surface area contributed by atoms with Crippen LogP contribution in [0.5, 0.6) is 0 Å². The highest BCUT2D eigenvalue weighted by molar-refractivity contribution is 5.76. The summed E-state index contributed by atoms with van der Waals surface area (Å²) in [5.74, 6) is -0.133. The molecule has 0 aromatic heterocycles. The fourth-order valence-electron chi connectivity index (χ4n) is 8.19. The minimum atomic E-state index is -0.896. The molecule has 4 heteroatoms. The lowest BCUT2D eigenvalue weighted by atomic mass is 10.0. The SMILES string of the molecule is CC/C=C\C/C=C\C/C=C\C/C=C\C/C=C\C/C=C\C/C=C\CCCC(=O)NC(CO)C(O)/C=C/CC/C=C/CCCCCCCCCCCCCCCCCCCCCCCCCCCC. The zero-order chi connectivity index (χ0) is 48.5. The van der Waals surface area contributed by atoms with Gasteiger partial charge in [-0.15, -0.1) is 0 Å². The Morgan fingerprint density at radius 3 is 1.04 bits per heavy atom. The van der Waals surface area contributed by atoms with Gasteiger partial charge in [-0.3, -0.25) is 4.79 Å². The number of unbranched alkanes of at least 4 members (excludes halogenated alkanes) is 28. The first kappa shape index (κ1) is 64.0. The number of allylic oxidation sites excluding steroid dienone is 17. The molecule has 0 fully saturated rings. The van der Waals surface area contributed by atoms with Crippen LogP contribution < -0.4 is 5.32 Å². The summed E-state index contributed by atoms with van der Waals surface area (Å²) in [6.07, 6.45) is 87.0. The molecule has 0 aromatic rings. The molecule has 3 N–H and O–H groups in total. The molecule has 2 unspecified atom stereocenters. The predicted octanol–water partition coefficient (Wildman–Crippen LogP) is 19.1. The predicted molar refractivity (Wildman–Crippen MR) is 299 cm³/mol. The van der Waals surface area contributed by atoms with Crippen molar-refractivity contribution in [3.05, 3.63) is 109 Å². The maximum Gasteiger partial charge on any atom is 0.220 e. The summed E-state index contributed by atoms with van der Waals surface area (Å²) in [6, 6.07) is -0.679. The first-order valence-electron chi connectivity index (χ1n) is 28.6. The second-order valence-electron chi connectivity index (χ2n) is 19.0. The van der Waals surface area contributed by atoms with Gasteiger partial charge in [-0.1, -0.05) is 284 Å². The van der Waals surface area contributed by atoms with Crippen molar-refractivity contribution < 1.29 is 15.0 Å². The molecule has 0 aliphatic rings. The Kier molecular flexibility index (Phi) is 54.8. The molecule has 2 atom stereocenters. The minimum Gasteiger partial charge on any atom is -0.394 e. The summed E-state index contributed by atoms with van der Waals surface area (Å²) in [5, 5.41) is 23.1. The molecular formula is C63H109NO3. The normalized spacial score (nSPS) is 13.7. The third-order valence-electron chi connectivity index (χ3n) is 12.5. The second-order valence-corrected chi connectivity index (χ2v) is 19.0. The van der Waals surface area contributed by atoms with E-state index in [9.17, 15) is 15.0 Å². The average molecular weight is 929 g/mol. The van der Waals surface area contributed by atoms with Crippen molar-refractivity contribution in [2.45, 2.75) is 276 Å². The van der Waals surface area contributed by atoms with E-state index < -0.39 is 12.1 Å². The van der Waals surface area contributed by atoms with Crippen LogP contribution in [0.3, 0.4) is 0 Å². The van der Waals surface area contributed by atoms with E-state index in [2.05, 4.69) is 116 Å². The van der Waals surface area contributed by atoms with Gasteiger partial charge in [0.25, 0.3) is 0 Å². The van der Waals surface area contributed by atoms with Crippen molar-refractivity contribution in [2.24, 2.45) is 0 Å². The summed E-state index contributed by atoms with van der Waals surface area (Å²) >= 11 is 0. The number of nitrogens with one attached hydrogen (secondary N) is 1. The van der Waals surface area contributed by atoms with E-state index in [1.165, 1.54) is 167 Å². The molecule has 384 valence electrons. The van der Waals surface area contributed by atoms with E-state index in [-0.39, 0.29) is 12.5 Å². The van der Waals surface area contributed by atoms with E-state index in [4.69, 9.17) is 0 Å². The summed E-state index contributed by atoms with van der Waals surface area (Å²) in [6.45, 7) is 4.17. The zero-order valence-corrected chi connectivity index (χ0v) is 44.1. The number of amides is 1. The van der Waals surface area contributed by atoms with Gasteiger partial charge in [0.1, 0.15) is 0 Å². The maximum atomic E-state index is 12.4. The smallest absolute Gasteiger partial charge is 0.220 e. The van der Waals surface area contributed by atoms with Crippen LogP contribution in [0.25, 0.3) is 0 Å². The molecule has 0 saturated carbocycles. The van der Waals surface area contributed by atoms with Crippen LogP contribution in [0.2, 0.25) is 0 Å². The molecule has 67 heavy (non-hydrogen) atoms. The fraction of sp³-hybridized carbons (Fsp3) is 0.698. The average Bonchev–Trinajstić information content (AvgIpc) is 3.33. The van der Waals surface area contributed by atoms with E-state index in [0.717, 1.165) is 77.0 Å². The highest BCUT2D eigenvalue weighted by Gasteiger charge is 2.17. The molecule has 0 spiro atoms. The second kappa shape index (κ2) is 57.4. The van der Waals surface area contributed by atoms with Gasteiger partial charge in [0.2, 0.25) is 5.91 Å². The van der Waals surface area contributed by atoms with Crippen molar-refractivity contribution >= 4 is 5.91 Å². The Morgan fingerprint density at radius 2 is 0.672 bits per heavy atom. The topological polar surface area (TPSA) is 69.6 Å². The van der Waals surface area contributed by atoms with Crippen LogP contribution in [0.1, 0.15) is 264 Å².